The number of nitrogens with one attached hydrogen (secondary N) is 2. The minimum absolute atomic E-state index is 0.00279. The summed E-state index contributed by atoms with van der Waals surface area (Å²) < 4.78 is 10.7. The molecule has 0 aromatic carbocycles. The van der Waals surface area contributed by atoms with E-state index in [4.69, 9.17) is 20.9 Å². The molecule has 29 heavy (non-hydrogen) atoms. The van der Waals surface area contributed by atoms with Crippen LogP contribution in [0.4, 0.5) is 17.3 Å². The molecule has 2 atom stereocenters. The van der Waals surface area contributed by atoms with Crippen molar-refractivity contribution in [2.75, 3.05) is 31.0 Å². The zero-order chi connectivity index (χ0) is 21.0. The van der Waals surface area contributed by atoms with Crippen molar-refractivity contribution in [1.82, 2.24) is 15.2 Å². The molecular weight excluding hydrogens is 374 g/mol. The van der Waals surface area contributed by atoms with Crippen LogP contribution in [-0.4, -0.2) is 53.5 Å². The van der Waals surface area contributed by atoms with Crippen molar-refractivity contribution >= 4 is 23.2 Å². The number of nitrogens with two attached hydrogens (primary N) is 2. The van der Waals surface area contributed by atoms with Crippen molar-refractivity contribution < 1.29 is 14.3 Å². The maximum absolute atomic E-state index is 11.8. The van der Waals surface area contributed by atoms with Gasteiger partial charge in [0.2, 0.25) is 0 Å². The Morgan fingerprint density at radius 1 is 1.31 bits per heavy atom. The van der Waals surface area contributed by atoms with Gasteiger partial charge in [-0.25, -0.2) is 4.98 Å². The Morgan fingerprint density at radius 2 is 2.10 bits per heavy atom. The average Bonchev–Trinajstić information content (AvgIpc) is 2.69. The lowest BCUT2D eigenvalue weighted by molar-refractivity contribution is 0.0751. The van der Waals surface area contributed by atoms with E-state index in [2.05, 4.69) is 25.8 Å². The van der Waals surface area contributed by atoms with E-state index in [-0.39, 0.29) is 23.7 Å². The highest BCUT2D eigenvalue weighted by Gasteiger charge is 2.23. The molecule has 1 fully saturated rings. The van der Waals surface area contributed by atoms with Gasteiger partial charge in [0.25, 0.3) is 5.91 Å². The van der Waals surface area contributed by atoms with Gasteiger partial charge in [-0.2, -0.15) is 0 Å². The summed E-state index contributed by atoms with van der Waals surface area (Å²) in [6.07, 6.45) is 0.751. The molecule has 0 bridgehead atoms. The zero-order valence-corrected chi connectivity index (χ0v) is 16.8. The van der Waals surface area contributed by atoms with Gasteiger partial charge < -0.3 is 31.6 Å². The predicted molar refractivity (Wildman–Crippen MR) is 110 cm³/mol. The number of hydrogen-bond donors (Lipinski definition) is 4. The van der Waals surface area contributed by atoms with E-state index in [9.17, 15) is 4.79 Å². The SMILES string of the molecule is COc1ccc(Nc2cc(N[C@@H]3CCOCC3N)nnc2C(N)=O)nc1C(C)C. The lowest BCUT2D eigenvalue weighted by Crippen LogP contribution is -2.47. The lowest BCUT2D eigenvalue weighted by Gasteiger charge is -2.29. The van der Waals surface area contributed by atoms with E-state index in [1.54, 1.807) is 19.2 Å². The summed E-state index contributed by atoms with van der Waals surface area (Å²) in [6, 6.07) is 5.10. The Hall–Kier alpha value is -2.98. The molecule has 2 aromatic rings. The van der Waals surface area contributed by atoms with Gasteiger partial charge in [0.05, 0.1) is 25.1 Å². The van der Waals surface area contributed by atoms with E-state index in [0.29, 0.717) is 36.3 Å². The third-order valence-electron chi connectivity index (χ3n) is 4.68. The first-order valence-corrected chi connectivity index (χ1v) is 9.48. The summed E-state index contributed by atoms with van der Waals surface area (Å²) in [6.45, 7) is 5.15. The van der Waals surface area contributed by atoms with Crippen LogP contribution < -0.4 is 26.8 Å². The number of pyridine rings is 1. The smallest absolute Gasteiger partial charge is 0.271 e. The van der Waals surface area contributed by atoms with E-state index in [0.717, 1.165) is 12.1 Å². The predicted octanol–water partition coefficient (Wildman–Crippen LogP) is 1.37. The fourth-order valence-electron chi connectivity index (χ4n) is 3.12. The molecule has 10 nitrogen and oxygen atoms in total. The maximum Gasteiger partial charge on any atom is 0.271 e. The molecule has 6 N–H and O–H groups in total. The van der Waals surface area contributed by atoms with E-state index in [1.807, 2.05) is 19.9 Å². The number of nitrogens with zero attached hydrogens (tertiary/aromatic N) is 3. The normalized spacial score (nSPS) is 19.1. The molecule has 3 heterocycles. The molecule has 0 radical (unpaired) electrons. The monoisotopic (exact) mass is 401 g/mol. The largest absolute Gasteiger partial charge is 0.495 e. The highest BCUT2D eigenvalue weighted by atomic mass is 16.5. The standard InChI is InChI=1S/C19H27N7O3/c1-10(2)17-14(28-3)4-5-15(24-17)23-13-8-16(25-26-18(13)19(21)27)22-12-6-7-29-9-11(12)20/h4-5,8,10-12H,6-7,9,20H2,1-3H3,(H2,21,27)(H2,22,23,24,25)/t11?,12-/m1/s1. The molecular formula is C19H27N7O3. The van der Waals surface area contributed by atoms with Gasteiger partial charge in [-0.15, -0.1) is 10.2 Å². The Bertz CT molecular complexity index is 875. The fourth-order valence-corrected chi connectivity index (χ4v) is 3.12. The van der Waals surface area contributed by atoms with Crippen LogP contribution in [-0.2, 0) is 4.74 Å². The van der Waals surface area contributed by atoms with Crippen molar-refractivity contribution in [3.05, 3.63) is 29.6 Å². The van der Waals surface area contributed by atoms with Gasteiger partial charge in [0.15, 0.2) is 11.5 Å². The highest BCUT2D eigenvalue weighted by Crippen LogP contribution is 2.28. The van der Waals surface area contributed by atoms with Crippen LogP contribution in [0.15, 0.2) is 18.2 Å². The van der Waals surface area contributed by atoms with Crippen LogP contribution in [0.3, 0.4) is 0 Å². The number of carbonyl (C=O) groups is 1. The van der Waals surface area contributed by atoms with Gasteiger partial charge in [-0.05, 0) is 24.5 Å². The summed E-state index contributed by atoms with van der Waals surface area (Å²) in [5.74, 6) is 1.19. The third kappa shape index (κ3) is 4.90. The summed E-state index contributed by atoms with van der Waals surface area (Å²) >= 11 is 0. The minimum atomic E-state index is -0.688. The lowest BCUT2D eigenvalue weighted by atomic mass is 10.0. The zero-order valence-electron chi connectivity index (χ0n) is 16.8. The van der Waals surface area contributed by atoms with Gasteiger partial charge in [0.1, 0.15) is 11.6 Å². The molecule has 3 rings (SSSR count). The van der Waals surface area contributed by atoms with Crippen LogP contribution in [0.25, 0.3) is 0 Å². The molecule has 1 saturated heterocycles. The first kappa shape index (κ1) is 20.7. The fraction of sp³-hybridized carbons (Fsp3) is 0.474. The quantitative estimate of drug-likeness (QED) is 0.539. The van der Waals surface area contributed by atoms with E-state index < -0.39 is 5.91 Å². The van der Waals surface area contributed by atoms with Crippen LogP contribution in [0.2, 0.25) is 0 Å². The first-order valence-electron chi connectivity index (χ1n) is 9.48. The topological polar surface area (TPSA) is 150 Å². The summed E-state index contributed by atoms with van der Waals surface area (Å²) in [7, 11) is 1.60. The highest BCUT2D eigenvalue weighted by molar-refractivity contribution is 5.97. The molecule has 0 spiro atoms. The molecule has 1 amide bonds. The second-order valence-corrected chi connectivity index (χ2v) is 7.20. The maximum atomic E-state index is 11.8. The summed E-state index contributed by atoms with van der Waals surface area (Å²) in [5.41, 5.74) is 12.8. The molecule has 156 valence electrons. The van der Waals surface area contributed by atoms with Crippen molar-refractivity contribution in [3.63, 3.8) is 0 Å². The molecule has 0 saturated carbocycles. The molecule has 10 heteroatoms. The molecule has 1 aliphatic rings. The second kappa shape index (κ2) is 9.01. The number of aromatic nitrogens is 3. The number of primary amides is 1. The van der Waals surface area contributed by atoms with Crippen LogP contribution >= 0.6 is 0 Å². The van der Waals surface area contributed by atoms with Crippen molar-refractivity contribution in [2.45, 2.75) is 38.3 Å². The number of carbonyl (C=O) groups excluding carboxylic acids is 1. The Balaban J connectivity index is 1.88. The Kier molecular flexibility index (Phi) is 6.45. The summed E-state index contributed by atoms with van der Waals surface area (Å²) in [4.78, 5) is 16.4. The number of anilines is 3. The van der Waals surface area contributed by atoms with Gasteiger partial charge in [-0.3, -0.25) is 4.79 Å². The second-order valence-electron chi connectivity index (χ2n) is 7.20. The Morgan fingerprint density at radius 3 is 2.76 bits per heavy atom. The van der Waals surface area contributed by atoms with Crippen LogP contribution in [0.1, 0.15) is 42.4 Å². The first-order chi connectivity index (χ1) is 13.9. The molecule has 1 unspecified atom stereocenters. The molecule has 1 aliphatic heterocycles. The Labute approximate surface area is 169 Å². The third-order valence-corrected chi connectivity index (χ3v) is 4.68. The summed E-state index contributed by atoms with van der Waals surface area (Å²) in [5, 5.41) is 14.4. The minimum Gasteiger partial charge on any atom is -0.495 e. The van der Waals surface area contributed by atoms with E-state index in [1.165, 1.54) is 0 Å². The number of hydrogen-bond acceptors (Lipinski definition) is 9. The number of rotatable bonds is 7. The van der Waals surface area contributed by atoms with Crippen molar-refractivity contribution in [2.24, 2.45) is 11.5 Å². The number of ether oxygens (including phenoxy) is 2. The van der Waals surface area contributed by atoms with E-state index >= 15 is 0 Å². The number of amides is 1. The van der Waals surface area contributed by atoms with Gasteiger partial charge >= 0.3 is 0 Å². The van der Waals surface area contributed by atoms with Crippen molar-refractivity contribution in [1.29, 1.82) is 0 Å². The van der Waals surface area contributed by atoms with Gasteiger partial charge in [-0.1, -0.05) is 13.8 Å². The molecule has 2 aromatic heterocycles. The van der Waals surface area contributed by atoms with Crippen molar-refractivity contribution in [3.8, 4) is 5.75 Å². The van der Waals surface area contributed by atoms with Crippen LogP contribution in [0.5, 0.6) is 5.75 Å². The molecule has 0 aliphatic carbocycles. The van der Waals surface area contributed by atoms with Crippen LogP contribution in [0, 0.1) is 0 Å². The van der Waals surface area contributed by atoms with Gasteiger partial charge in [0, 0.05) is 24.8 Å². The number of methoxy groups -OCH3 is 1. The average molecular weight is 401 g/mol.